The van der Waals surface area contributed by atoms with Crippen LogP contribution in [0.25, 0.3) is 0 Å². The molecular formula is C30H31Cl3FN3O4S. The Morgan fingerprint density at radius 3 is 2.29 bits per heavy atom. The summed E-state index contributed by atoms with van der Waals surface area (Å²) in [6, 6.07) is 14.8. The van der Waals surface area contributed by atoms with Crippen LogP contribution in [0, 0.1) is 5.82 Å². The molecule has 1 fully saturated rings. The van der Waals surface area contributed by atoms with E-state index in [4.69, 9.17) is 34.8 Å². The molecule has 1 saturated carbocycles. The van der Waals surface area contributed by atoms with Gasteiger partial charge in [0.25, 0.3) is 10.0 Å². The Morgan fingerprint density at radius 1 is 0.952 bits per heavy atom. The van der Waals surface area contributed by atoms with Gasteiger partial charge in [-0.1, -0.05) is 78.3 Å². The third-order valence-corrected chi connectivity index (χ3v) is 9.94. The molecule has 1 atom stereocenters. The van der Waals surface area contributed by atoms with Crippen molar-refractivity contribution in [1.29, 1.82) is 0 Å². The summed E-state index contributed by atoms with van der Waals surface area (Å²) in [4.78, 5) is 28.6. The second-order valence-electron chi connectivity index (χ2n) is 10.2. The Labute approximate surface area is 260 Å². The van der Waals surface area contributed by atoms with Crippen LogP contribution in [0.4, 0.5) is 10.1 Å². The zero-order valence-corrected chi connectivity index (χ0v) is 26.0. The number of sulfonamides is 1. The van der Waals surface area contributed by atoms with Crippen molar-refractivity contribution in [2.45, 2.75) is 62.6 Å². The molecular weight excluding hydrogens is 624 g/mol. The van der Waals surface area contributed by atoms with Crippen molar-refractivity contribution in [2.75, 3.05) is 10.8 Å². The predicted molar refractivity (Wildman–Crippen MR) is 164 cm³/mol. The molecule has 1 N–H and O–H groups in total. The Hall–Kier alpha value is -2.85. The SMILES string of the molecule is CC(C(=O)NC1CCCCC1)N(Cc1ccc(Cl)cc1Cl)C(=O)CN(c1ccc(F)c(Cl)c1)S(=O)(=O)c1ccccc1. The molecule has 1 aliphatic rings. The Balaban J connectivity index is 1.70. The number of rotatable bonds is 10. The van der Waals surface area contributed by atoms with E-state index in [0.717, 1.165) is 48.5 Å². The van der Waals surface area contributed by atoms with Crippen LogP contribution in [-0.2, 0) is 26.2 Å². The summed E-state index contributed by atoms with van der Waals surface area (Å²) in [5, 5.41) is 3.43. The van der Waals surface area contributed by atoms with Crippen LogP contribution in [0.3, 0.4) is 0 Å². The number of carbonyl (C=O) groups is 2. The van der Waals surface area contributed by atoms with Gasteiger partial charge >= 0.3 is 0 Å². The smallest absolute Gasteiger partial charge is 0.264 e. The third kappa shape index (κ3) is 7.75. The number of halogens is 4. The van der Waals surface area contributed by atoms with Crippen molar-refractivity contribution in [3.63, 3.8) is 0 Å². The second-order valence-corrected chi connectivity index (χ2v) is 13.3. The van der Waals surface area contributed by atoms with Crippen LogP contribution >= 0.6 is 34.8 Å². The quantitative estimate of drug-likeness (QED) is 0.259. The lowest BCUT2D eigenvalue weighted by molar-refractivity contribution is -0.139. The predicted octanol–water partition coefficient (Wildman–Crippen LogP) is 6.85. The van der Waals surface area contributed by atoms with Crippen molar-refractivity contribution in [1.82, 2.24) is 10.2 Å². The first kappa shape index (κ1) is 32.1. The molecule has 0 heterocycles. The fraction of sp³-hybridized carbons (Fsp3) is 0.333. The Kier molecular flexibility index (Phi) is 10.8. The lowest BCUT2D eigenvalue weighted by Gasteiger charge is -2.33. The van der Waals surface area contributed by atoms with Gasteiger partial charge in [-0.15, -0.1) is 0 Å². The number of nitrogens with zero attached hydrogens (tertiary/aromatic N) is 2. The molecule has 224 valence electrons. The first-order valence-corrected chi connectivity index (χ1v) is 16.1. The first-order chi connectivity index (χ1) is 20.0. The normalized spacial score (nSPS) is 14.7. The zero-order valence-electron chi connectivity index (χ0n) is 22.9. The van der Waals surface area contributed by atoms with E-state index in [0.29, 0.717) is 15.6 Å². The van der Waals surface area contributed by atoms with Crippen molar-refractivity contribution in [3.8, 4) is 0 Å². The van der Waals surface area contributed by atoms with Crippen molar-refractivity contribution in [3.05, 3.63) is 93.2 Å². The van der Waals surface area contributed by atoms with Crippen LogP contribution < -0.4 is 9.62 Å². The maximum Gasteiger partial charge on any atom is 0.264 e. The summed E-state index contributed by atoms with van der Waals surface area (Å²) in [5.74, 6) is -1.77. The van der Waals surface area contributed by atoms with Gasteiger partial charge in [0.2, 0.25) is 11.8 Å². The fourth-order valence-corrected chi connectivity index (χ4v) is 6.94. The number of nitrogens with one attached hydrogen (secondary N) is 1. The van der Waals surface area contributed by atoms with Crippen molar-refractivity contribution in [2.24, 2.45) is 0 Å². The molecule has 0 saturated heterocycles. The molecule has 2 amide bonds. The van der Waals surface area contributed by atoms with E-state index in [1.807, 2.05) is 0 Å². The highest BCUT2D eigenvalue weighted by Crippen LogP contribution is 2.29. The van der Waals surface area contributed by atoms with E-state index in [9.17, 15) is 22.4 Å². The van der Waals surface area contributed by atoms with Gasteiger partial charge in [0.1, 0.15) is 18.4 Å². The summed E-state index contributed by atoms with van der Waals surface area (Å²) < 4.78 is 42.5. The van der Waals surface area contributed by atoms with E-state index in [1.54, 1.807) is 37.3 Å². The highest BCUT2D eigenvalue weighted by atomic mass is 35.5. The van der Waals surface area contributed by atoms with Crippen LogP contribution in [0.15, 0.2) is 71.6 Å². The van der Waals surface area contributed by atoms with E-state index >= 15 is 0 Å². The summed E-state index contributed by atoms with van der Waals surface area (Å²) in [6.45, 7) is 0.813. The Morgan fingerprint density at radius 2 is 1.64 bits per heavy atom. The maximum absolute atomic E-state index is 14.0. The molecule has 12 heteroatoms. The van der Waals surface area contributed by atoms with Gasteiger partial charge in [0, 0.05) is 22.6 Å². The van der Waals surface area contributed by atoms with Crippen molar-refractivity contribution >= 4 is 62.3 Å². The van der Waals surface area contributed by atoms with Crippen LogP contribution in [-0.4, -0.2) is 43.8 Å². The minimum atomic E-state index is -4.31. The number of carbonyl (C=O) groups excluding carboxylic acids is 2. The van der Waals surface area contributed by atoms with Gasteiger partial charge in [0.15, 0.2) is 0 Å². The highest BCUT2D eigenvalue weighted by molar-refractivity contribution is 7.92. The second kappa shape index (κ2) is 14.1. The number of anilines is 1. The summed E-state index contributed by atoms with van der Waals surface area (Å²) in [7, 11) is -4.31. The van der Waals surface area contributed by atoms with Crippen LogP contribution in [0.2, 0.25) is 15.1 Å². The molecule has 3 aromatic carbocycles. The molecule has 0 radical (unpaired) electrons. The number of benzene rings is 3. The van der Waals surface area contributed by atoms with Gasteiger partial charge in [-0.3, -0.25) is 13.9 Å². The highest BCUT2D eigenvalue weighted by Gasteiger charge is 2.33. The molecule has 3 aromatic rings. The first-order valence-electron chi connectivity index (χ1n) is 13.5. The van der Waals surface area contributed by atoms with Crippen LogP contribution in [0.5, 0.6) is 0 Å². The number of hydrogen-bond acceptors (Lipinski definition) is 4. The molecule has 4 rings (SSSR count). The lowest BCUT2D eigenvalue weighted by atomic mass is 9.95. The molecule has 7 nitrogen and oxygen atoms in total. The van der Waals surface area contributed by atoms with E-state index in [-0.39, 0.29) is 34.1 Å². The third-order valence-electron chi connectivity index (χ3n) is 7.28. The van der Waals surface area contributed by atoms with Gasteiger partial charge in [-0.25, -0.2) is 12.8 Å². The van der Waals surface area contributed by atoms with E-state index in [1.165, 1.54) is 29.2 Å². The largest absolute Gasteiger partial charge is 0.352 e. The molecule has 1 unspecified atom stereocenters. The summed E-state index contributed by atoms with van der Waals surface area (Å²) in [6.07, 6.45) is 4.83. The van der Waals surface area contributed by atoms with Gasteiger partial charge in [-0.05, 0) is 67.8 Å². The van der Waals surface area contributed by atoms with Crippen molar-refractivity contribution < 1.29 is 22.4 Å². The number of amides is 2. The maximum atomic E-state index is 14.0. The van der Waals surface area contributed by atoms with Crippen LogP contribution in [0.1, 0.15) is 44.6 Å². The molecule has 1 aliphatic carbocycles. The fourth-order valence-electron chi connectivity index (χ4n) is 4.87. The van der Waals surface area contributed by atoms with Gasteiger partial charge in [-0.2, -0.15) is 0 Å². The standard InChI is InChI=1S/C30H31Cl3FN3O4S/c1-20(30(39)35-23-8-4-2-5-9-23)36(18-21-12-13-22(31)16-26(21)32)29(38)19-37(24-14-15-28(34)27(33)17-24)42(40,41)25-10-6-3-7-11-25/h3,6-7,10-17,20,23H,2,4-5,8-9,18-19H2,1H3,(H,35,39). The molecule has 42 heavy (non-hydrogen) atoms. The zero-order chi connectivity index (χ0) is 30.4. The molecule has 0 bridgehead atoms. The Bertz CT molecular complexity index is 1540. The van der Waals surface area contributed by atoms with Gasteiger partial charge in [0.05, 0.1) is 15.6 Å². The average molecular weight is 655 g/mol. The topological polar surface area (TPSA) is 86.8 Å². The summed E-state index contributed by atoms with van der Waals surface area (Å²) in [5.41, 5.74) is 0.511. The molecule has 0 aromatic heterocycles. The minimum absolute atomic E-state index is 0.00101. The average Bonchev–Trinajstić information content (AvgIpc) is 2.97. The minimum Gasteiger partial charge on any atom is -0.352 e. The lowest BCUT2D eigenvalue weighted by Crippen LogP contribution is -2.53. The monoisotopic (exact) mass is 653 g/mol. The van der Waals surface area contributed by atoms with E-state index < -0.39 is 34.3 Å². The summed E-state index contributed by atoms with van der Waals surface area (Å²) >= 11 is 18.5. The van der Waals surface area contributed by atoms with Gasteiger partial charge < -0.3 is 10.2 Å². The van der Waals surface area contributed by atoms with E-state index in [2.05, 4.69) is 5.32 Å². The molecule has 0 aliphatic heterocycles. The molecule has 0 spiro atoms. The number of hydrogen-bond donors (Lipinski definition) is 1.